The third kappa shape index (κ3) is 3.14. The Hall–Kier alpha value is 0.270. The van der Waals surface area contributed by atoms with Crippen LogP contribution in [0, 0.1) is 11.8 Å². The van der Waals surface area contributed by atoms with E-state index in [1.165, 1.54) is 63.0 Å². The maximum atomic E-state index is 6.19. The molecular formula is C16H29NOS. The third-order valence-corrected chi connectivity index (χ3v) is 6.62. The fourth-order valence-electron chi connectivity index (χ4n) is 4.06. The van der Waals surface area contributed by atoms with Crippen molar-refractivity contribution in [1.82, 2.24) is 5.32 Å². The SMILES string of the molecule is CCCNC(C1CCC1)C1CCOC2(CCSC2)C1. The van der Waals surface area contributed by atoms with Gasteiger partial charge in [0, 0.05) is 18.4 Å². The standard InChI is InChI=1S/C16H29NOS/c1-2-8-17-15(13-4-3-5-13)14-6-9-18-16(11-14)7-10-19-12-16/h13-15,17H,2-12H2,1H3. The zero-order chi connectivity index (χ0) is 13.1. The minimum Gasteiger partial charge on any atom is -0.374 e. The highest BCUT2D eigenvalue weighted by molar-refractivity contribution is 7.99. The Bertz CT molecular complexity index is 286. The molecule has 1 N–H and O–H groups in total. The van der Waals surface area contributed by atoms with Gasteiger partial charge in [0.1, 0.15) is 0 Å². The number of hydrogen-bond donors (Lipinski definition) is 1. The number of nitrogens with one attached hydrogen (secondary N) is 1. The minimum atomic E-state index is 0.253. The van der Waals surface area contributed by atoms with Crippen LogP contribution in [0.4, 0.5) is 0 Å². The lowest BCUT2D eigenvalue weighted by Crippen LogP contribution is -2.51. The fraction of sp³-hybridized carbons (Fsp3) is 1.00. The van der Waals surface area contributed by atoms with Gasteiger partial charge >= 0.3 is 0 Å². The molecule has 3 heteroatoms. The van der Waals surface area contributed by atoms with Gasteiger partial charge in [-0.1, -0.05) is 13.3 Å². The van der Waals surface area contributed by atoms with Crippen LogP contribution >= 0.6 is 11.8 Å². The highest BCUT2D eigenvalue weighted by atomic mass is 32.2. The van der Waals surface area contributed by atoms with Crippen molar-refractivity contribution >= 4 is 11.8 Å². The van der Waals surface area contributed by atoms with Gasteiger partial charge in [-0.05, 0) is 62.7 Å². The van der Waals surface area contributed by atoms with E-state index in [0.29, 0.717) is 0 Å². The van der Waals surface area contributed by atoms with Crippen molar-refractivity contribution in [2.75, 3.05) is 24.7 Å². The van der Waals surface area contributed by atoms with Crippen LogP contribution in [0.2, 0.25) is 0 Å². The van der Waals surface area contributed by atoms with Gasteiger partial charge < -0.3 is 10.1 Å². The number of ether oxygens (including phenoxy) is 1. The number of hydrogen-bond acceptors (Lipinski definition) is 3. The van der Waals surface area contributed by atoms with Gasteiger partial charge in [-0.3, -0.25) is 0 Å². The van der Waals surface area contributed by atoms with Crippen molar-refractivity contribution in [3.8, 4) is 0 Å². The molecule has 0 aromatic heterocycles. The lowest BCUT2D eigenvalue weighted by Gasteiger charge is -2.45. The van der Waals surface area contributed by atoms with Crippen LogP contribution in [-0.4, -0.2) is 36.3 Å². The Morgan fingerprint density at radius 2 is 2.21 bits per heavy atom. The molecule has 2 heterocycles. The van der Waals surface area contributed by atoms with E-state index in [9.17, 15) is 0 Å². The van der Waals surface area contributed by atoms with E-state index < -0.39 is 0 Å². The first-order valence-electron chi connectivity index (χ1n) is 8.28. The summed E-state index contributed by atoms with van der Waals surface area (Å²) >= 11 is 2.09. The molecule has 3 atom stereocenters. The topological polar surface area (TPSA) is 21.3 Å². The van der Waals surface area contributed by atoms with Crippen LogP contribution in [0.1, 0.15) is 51.9 Å². The summed E-state index contributed by atoms with van der Waals surface area (Å²) in [4.78, 5) is 0. The van der Waals surface area contributed by atoms with E-state index >= 15 is 0 Å². The van der Waals surface area contributed by atoms with Gasteiger partial charge in [-0.25, -0.2) is 0 Å². The fourth-order valence-corrected chi connectivity index (χ4v) is 5.44. The van der Waals surface area contributed by atoms with Crippen LogP contribution in [-0.2, 0) is 4.74 Å². The summed E-state index contributed by atoms with van der Waals surface area (Å²) in [5, 5.41) is 3.89. The van der Waals surface area contributed by atoms with E-state index in [2.05, 4.69) is 24.0 Å². The average Bonchev–Trinajstić information content (AvgIpc) is 2.80. The van der Waals surface area contributed by atoms with Gasteiger partial charge in [0.05, 0.1) is 5.60 Å². The molecule has 3 aliphatic rings. The molecule has 110 valence electrons. The zero-order valence-corrected chi connectivity index (χ0v) is 13.1. The predicted octanol–water partition coefficient (Wildman–Crippen LogP) is 3.46. The largest absolute Gasteiger partial charge is 0.374 e. The molecule has 19 heavy (non-hydrogen) atoms. The average molecular weight is 283 g/mol. The van der Waals surface area contributed by atoms with E-state index in [0.717, 1.165) is 24.5 Å². The van der Waals surface area contributed by atoms with Crippen LogP contribution in [0.25, 0.3) is 0 Å². The van der Waals surface area contributed by atoms with Crippen LogP contribution in [0.3, 0.4) is 0 Å². The Morgan fingerprint density at radius 1 is 1.32 bits per heavy atom. The molecule has 3 rings (SSSR count). The highest BCUT2D eigenvalue weighted by Gasteiger charge is 2.44. The summed E-state index contributed by atoms with van der Waals surface area (Å²) in [6.07, 6.45) is 9.52. The first kappa shape index (κ1) is 14.2. The second kappa shape index (κ2) is 6.36. The number of thioether (sulfide) groups is 1. The molecule has 3 unspecified atom stereocenters. The number of rotatable bonds is 5. The van der Waals surface area contributed by atoms with E-state index in [1.54, 1.807) is 0 Å². The molecule has 1 aliphatic carbocycles. The quantitative estimate of drug-likeness (QED) is 0.835. The molecule has 0 bridgehead atoms. The molecule has 2 saturated heterocycles. The lowest BCUT2D eigenvalue weighted by atomic mass is 9.70. The van der Waals surface area contributed by atoms with Gasteiger partial charge in [0.2, 0.25) is 0 Å². The van der Waals surface area contributed by atoms with Gasteiger partial charge in [-0.2, -0.15) is 11.8 Å². The molecule has 2 nitrogen and oxygen atoms in total. The smallest absolute Gasteiger partial charge is 0.0783 e. The first-order valence-corrected chi connectivity index (χ1v) is 9.43. The van der Waals surface area contributed by atoms with E-state index in [4.69, 9.17) is 4.74 Å². The molecular weight excluding hydrogens is 254 g/mol. The van der Waals surface area contributed by atoms with Crippen molar-refractivity contribution in [3.63, 3.8) is 0 Å². The summed E-state index contributed by atoms with van der Waals surface area (Å²) in [7, 11) is 0. The van der Waals surface area contributed by atoms with Gasteiger partial charge in [0.15, 0.2) is 0 Å². The summed E-state index contributed by atoms with van der Waals surface area (Å²) < 4.78 is 6.19. The minimum absolute atomic E-state index is 0.253. The van der Waals surface area contributed by atoms with Crippen molar-refractivity contribution in [1.29, 1.82) is 0 Å². The molecule has 1 saturated carbocycles. The molecule has 1 spiro atoms. The summed E-state index contributed by atoms with van der Waals surface area (Å²) in [6, 6.07) is 0.778. The van der Waals surface area contributed by atoms with Crippen LogP contribution < -0.4 is 5.32 Å². The van der Waals surface area contributed by atoms with Crippen molar-refractivity contribution in [3.05, 3.63) is 0 Å². The third-order valence-electron chi connectivity index (χ3n) is 5.39. The van der Waals surface area contributed by atoms with Crippen molar-refractivity contribution in [2.45, 2.75) is 63.5 Å². The van der Waals surface area contributed by atoms with Crippen molar-refractivity contribution in [2.24, 2.45) is 11.8 Å². The second-order valence-corrected chi connectivity index (χ2v) is 7.86. The second-order valence-electron chi connectivity index (χ2n) is 6.76. The van der Waals surface area contributed by atoms with Gasteiger partial charge in [-0.15, -0.1) is 0 Å². The van der Waals surface area contributed by atoms with Crippen molar-refractivity contribution < 1.29 is 4.74 Å². The Morgan fingerprint density at radius 3 is 2.84 bits per heavy atom. The zero-order valence-electron chi connectivity index (χ0n) is 12.3. The first-order chi connectivity index (χ1) is 9.33. The predicted molar refractivity (Wildman–Crippen MR) is 82.8 cm³/mol. The van der Waals surface area contributed by atoms with Crippen LogP contribution in [0.5, 0.6) is 0 Å². The Labute approximate surface area is 122 Å². The maximum Gasteiger partial charge on any atom is 0.0783 e. The normalized spacial score (nSPS) is 37.4. The molecule has 0 aromatic carbocycles. The van der Waals surface area contributed by atoms with E-state index in [1.807, 2.05) is 0 Å². The lowest BCUT2D eigenvalue weighted by molar-refractivity contribution is -0.0906. The highest BCUT2D eigenvalue weighted by Crippen LogP contribution is 2.44. The van der Waals surface area contributed by atoms with Crippen LogP contribution in [0.15, 0.2) is 0 Å². The molecule has 0 amide bonds. The van der Waals surface area contributed by atoms with E-state index in [-0.39, 0.29) is 5.60 Å². The molecule has 3 fully saturated rings. The monoisotopic (exact) mass is 283 g/mol. The molecule has 0 radical (unpaired) electrons. The Balaban J connectivity index is 1.63. The molecule has 0 aromatic rings. The maximum absolute atomic E-state index is 6.19. The summed E-state index contributed by atoms with van der Waals surface area (Å²) in [5.41, 5.74) is 0.253. The molecule has 2 aliphatic heterocycles. The summed E-state index contributed by atoms with van der Waals surface area (Å²) in [5.74, 6) is 4.38. The van der Waals surface area contributed by atoms with Gasteiger partial charge in [0.25, 0.3) is 0 Å². The summed E-state index contributed by atoms with van der Waals surface area (Å²) in [6.45, 7) is 4.48. The Kier molecular flexibility index (Phi) is 4.76.